The zero-order valence-electron chi connectivity index (χ0n) is 10.5. The van der Waals surface area contributed by atoms with Crippen LogP contribution in [-0.2, 0) is 20.8 Å². The Labute approximate surface area is 110 Å². The van der Waals surface area contributed by atoms with Crippen LogP contribution in [0.15, 0.2) is 6.20 Å². The van der Waals surface area contributed by atoms with Gasteiger partial charge in [0.05, 0.1) is 13.2 Å². The third-order valence-electron chi connectivity index (χ3n) is 2.75. The van der Waals surface area contributed by atoms with E-state index in [1.54, 1.807) is 6.20 Å². The molecule has 0 unspecified atom stereocenters. The lowest BCUT2D eigenvalue weighted by atomic mass is 10.2. The van der Waals surface area contributed by atoms with Crippen LogP contribution in [0.4, 0.5) is 5.13 Å². The van der Waals surface area contributed by atoms with Gasteiger partial charge in [-0.3, -0.25) is 4.90 Å². The summed E-state index contributed by atoms with van der Waals surface area (Å²) in [6.45, 7) is 4.00. The first-order valence-corrected chi connectivity index (χ1v) is 6.56. The molecule has 1 fully saturated rings. The largest absolute Gasteiger partial charge is 0.467 e. The Morgan fingerprint density at radius 1 is 1.72 bits per heavy atom. The average Bonchev–Trinajstić information content (AvgIpc) is 2.73. The van der Waals surface area contributed by atoms with Crippen LogP contribution in [0, 0.1) is 0 Å². The molecule has 0 amide bonds. The predicted molar refractivity (Wildman–Crippen MR) is 68.2 cm³/mol. The van der Waals surface area contributed by atoms with Crippen LogP contribution in [-0.4, -0.2) is 48.3 Å². The van der Waals surface area contributed by atoms with Gasteiger partial charge in [-0.1, -0.05) is 0 Å². The maximum absolute atomic E-state index is 11.5. The quantitative estimate of drug-likeness (QED) is 0.806. The molecule has 0 aliphatic carbocycles. The summed E-state index contributed by atoms with van der Waals surface area (Å²) in [6.07, 6.45) is 1.27. The van der Waals surface area contributed by atoms with E-state index < -0.39 is 6.10 Å². The fourth-order valence-electron chi connectivity index (χ4n) is 2.05. The molecule has 1 aromatic rings. The molecule has 0 aromatic carbocycles. The molecular formula is C11H17N3O3S. The number of esters is 1. The second-order valence-corrected chi connectivity index (χ2v) is 5.46. The maximum atomic E-state index is 11.5. The summed E-state index contributed by atoms with van der Waals surface area (Å²) in [4.78, 5) is 18.8. The lowest BCUT2D eigenvalue weighted by Gasteiger charge is -2.35. The van der Waals surface area contributed by atoms with E-state index in [0.717, 1.165) is 18.0 Å². The number of morpholine rings is 1. The second-order valence-electron chi connectivity index (χ2n) is 4.32. The predicted octanol–water partition coefficient (Wildman–Crippen LogP) is 0.488. The number of hydrogen-bond donors (Lipinski definition) is 1. The summed E-state index contributed by atoms with van der Waals surface area (Å²) in [5.74, 6) is -0.324. The topological polar surface area (TPSA) is 77.7 Å². The number of nitrogen functional groups attached to an aromatic ring is 1. The van der Waals surface area contributed by atoms with Crippen molar-refractivity contribution in [2.75, 3.05) is 25.9 Å². The summed E-state index contributed by atoms with van der Waals surface area (Å²) in [5.41, 5.74) is 5.60. The van der Waals surface area contributed by atoms with Crippen LogP contribution in [0.5, 0.6) is 0 Å². The second kappa shape index (κ2) is 5.64. The van der Waals surface area contributed by atoms with Crippen LogP contribution in [0.2, 0.25) is 0 Å². The van der Waals surface area contributed by atoms with Gasteiger partial charge in [0, 0.05) is 30.7 Å². The molecule has 0 radical (unpaired) electrons. The molecule has 18 heavy (non-hydrogen) atoms. The molecule has 100 valence electrons. The zero-order chi connectivity index (χ0) is 13.1. The highest BCUT2D eigenvalue weighted by Gasteiger charge is 2.31. The van der Waals surface area contributed by atoms with Gasteiger partial charge < -0.3 is 15.2 Å². The van der Waals surface area contributed by atoms with E-state index in [4.69, 9.17) is 15.2 Å². The molecule has 1 aliphatic rings. The summed E-state index contributed by atoms with van der Waals surface area (Å²) in [6, 6.07) is 0. The fourth-order valence-corrected chi connectivity index (χ4v) is 2.77. The maximum Gasteiger partial charge on any atom is 0.336 e. The first-order chi connectivity index (χ1) is 8.58. The summed E-state index contributed by atoms with van der Waals surface area (Å²) < 4.78 is 10.3. The molecular weight excluding hydrogens is 254 g/mol. The van der Waals surface area contributed by atoms with Gasteiger partial charge in [0.2, 0.25) is 0 Å². The Hall–Kier alpha value is -1.18. The van der Waals surface area contributed by atoms with Crippen LogP contribution >= 0.6 is 11.3 Å². The van der Waals surface area contributed by atoms with Gasteiger partial charge >= 0.3 is 5.97 Å². The smallest absolute Gasteiger partial charge is 0.336 e. The molecule has 1 aliphatic heterocycles. The molecule has 7 heteroatoms. The number of methoxy groups -OCH3 is 1. The van der Waals surface area contributed by atoms with Crippen molar-refractivity contribution in [1.82, 2.24) is 9.88 Å². The molecule has 1 aromatic heterocycles. The van der Waals surface area contributed by atoms with Gasteiger partial charge in [-0.2, -0.15) is 0 Å². The van der Waals surface area contributed by atoms with Crippen LogP contribution in [0.1, 0.15) is 11.8 Å². The molecule has 2 atom stereocenters. The number of carbonyl (C=O) groups excluding carboxylic acids is 1. The first-order valence-electron chi connectivity index (χ1n) is 5.74. The SMILES string of the molecule is COC(=O)[C@H]1CN(Cc2cnc(N)s2)C[C@@H](C)O1. The normalized spacial score (nSPS) is 25.0. The van der Waals surface area contributed by atoms with E-state index in [1.807, 2.05) is 6.92 Å². The first kappa shape index (κ1) is 13.3. The molecule has 0 saturated carbocycles. The van der Waals surface area contributed by atoms with Gasteiger partial charge in [0.15, 0.2) is 11.2 Å². The Kier molecular flexibility index (Phi) is 4.15. The van der Waals surface area contributed by atoms with E-state index in [1.165, 1.54) is 18.4 Å². The van der Waals surface area contributed by atoms with Crippen LogP contribution < -0.4 is 5.73 Å². The fraction of sp³-hybridized carbons (Fsp3) is 0.636. The molecule has 6 nitrogen and oxygen atoms in total. The number of nitrogens with zero attached hydrogens (tertiary/aromatic N) is 2. The van der Waals surface area contributed by atoms with Gasteiger partial charge in [0.25, 0.3) is 0 Å². The number of anilines is 1. The van der Waals surface area contributed by atoms with Crippen LogP contribution in [0.25, 0.3) is 0 Å². The molecule has 2 heterocycles. The lowest BCUT2D eigenvalue weighted by Crippen LogP contribution is -2.49. The molecule has 1 saturated heterocycles. The molecule has 2 N–H and O–H groups in total. The molecule has 0 bridgehead atoms. The average molecular weight is 271 g/mol. The van der Waals surface area contributed by atoms with Crippen molar-refractivity contribution in [2.24, 2.45) is 0 Å². The number of aromatic nitrogens is 1. The number of carbonyl (C=O) groups is 1. The highest BCUT2D eigenvalue weighted by Crippen LogP contribution is 2.20. The van der Waals surface area contributed by atoms with Crippen molar-refractivity contribution in [3.05, 3.63) is 11.1 Å². The Morgan fingerprint density at radius 3 is 3.11 bits per heavy atom. The third-order valence-corrected chi connectivity index (χ3v) is 3.56. The number of rotatable bonds is 3. The number of nitrogens with two attached hydrogens (primary N) is 1. The van der Waals surface area contributed by atoms with E-state index >= 15 is 0 Å². The lowest BCUT2D eigenvalue weighted by molar-refractivity contribution is -0.166. The van der Waals surface area contributed by atoms with Gasteiger partial charge in [-0.15, -0.1) is 11.3 Å². The van der Waals surface area contributed by atoms with E-state index in [0.29, 0.717) is 11.7 Å². The van der Waals surface area contributed by atoms with Gasteiger partial charge in [-0.05, 0) is 6.92 Å². The number of ether oxygens (including phenoxy) is 2. The summed E-state index contributed by atoms with van der Waals surface area (Å²) >= 11 is 1.47. The minimum absolute atomic E-state index is 0.00752. The van der Waals surface area contributed by atoms with E-state index in [9.17, 15) is 4.79 Å². The van der Waals surface area contributed by atoms with Crippen molar-refractivity contribution < 1.29 is 14.3 Å². The van der Waals surface area contributed by atoms with Crippen molar-refractivity contribution in [1.29, 1.82) is 0 Å². The van der Waals surface area contributed by atoms with Crippen molar-refractivity contribution in [3.63, 3.8) is 0 Å². The Morgan fingerprint density at radius 2 is 2.50 bits per heavy atom. The van der Waals surface area contributed by atoms with Gasteiger partial charge in [0.1, 0.15) is 0 Å². The van der Waals surface area contributed by atoms with E-state index in [2.05, 4.69) is 9.88 Å². The molecule has 2 rings (SSSR count). The summed E-state index contributed by atoms with van der Waals surface area (Å²) in [5, 5.41) is 0.566. The molecule has 0 spiro atoms. The number of hydrogen-bond acceptors (Lipinski definition) is 7. The van der Waals surface area contributed by atoms with Gasteiger partial charge in [-0.25, -0.2) is 9.78 Å². The van der Waals surface area contributed by atoms with Crippen molar-refractivity contribution >= 4 is 22.4 Å². The highest BCUT2D eigenvalue weighted by molar-refractivity contribution is 7.15. The highest BCUT2D eigenvalue weighted by atomic mass is 32.1. The zero-order valence-corrected chi connectivity index (χ0v) is 11.3. The Bertz CT molecular complexity index is 423. The summed E-state index contributed by atoms with van der Waals surface area (Å²) in [7, 11) is 1.37. The van der Waals surface area contributed by atoms with Crippen molar-refractivity contribution in [2.45, 2.75) is 25.7 Å². The monoisotopic (exact) mass is 271 g/mol. The minimum atomic E-state index is -0.510. The van der Waals surface area contributed by atoms with Crippen molar-refractivity contribution in [3.8, 4) is 0 Å². The van der Waals surface area contributed by atoms with E-state index in [-0.39, 0.29) is 12.1 Å². The Balaban J connectivity index is 1.98. The standard InChI is InChI=1S/C11H17N3O3S/c1-7-4-14(5-8-3-13-11(12)18-8)6-9(17-7)10(15)16-2/h3,7,9H,4-6H2,1-2H3,(H2,12,13)/t7-,9-/m1/s1. The van der Waals surface area contributed by atoms with Crippen LogP contribution in [0.3, 0.4) is 0 Å². The number of thiazole rings is 1. The minimum Gasteiger partial charge on any atom is -0.467 e. The third kappa shape index (κ3) is 3.18.